The van der Waals surface area contributed by atoms with Crippen molar-refractivity contribution in [3.8, 4) is 0 Å². The number of anilines is 1. The van der Waals surface area contributed by atoms with Crippen LogP contribution in [0, 0.1) is 5.82 Å². The molecule has 3 heteroatoms. The number of nitrogens with zero attached hydrogens (tertiary/aromatic N) is 2. The van der Waals surface area contributed by atoms with Crippen LogP contribution >= 0.6 is 0 Å². The van der Waals surface area contributed by atoms with E-state index >= 15 is 0 Å². The van der Waals surface area contributed by atoms with E-state index in [1.165, 1.54) is 11.1 Å². The molecule has 0 fully saturated rings. The monoisotopic (exact) mass is 298 g/mol. The van der Waals surface area contributed by atoms with Crippen molar-refractivity contribution >= 4 is 12.4 Å². The van der Waals surface area contributed by atoms with Crippen LogP contribution in [0.1, 0.15) is 38.2 Å². The normalized spacial score (nSPS) is 21.5. The van der Waals surface area contributed by atoms with Crippen LogP contribution in [0.4, 0.5) is 10.1 Å². The van der Waals surface area contributed by atoms with E-state index in [-0.39, 0.29) is 5.82 Å². The van der Waals surface area contributed by atoms with Gasteiger partial charge in [-0.05, 0) is 62.6 Å². The Balaban J connectivity index is 1.90. The predicted octanol–water partition coefficient (Wildman–Crippen LogP) is 4.66. The lowest BCUT2D eigenvalue weighted by Crippen LogP contribution is -2.40. The quantitative estimate of drug-likeness (QED) is 0.741. The first-order valence-corrected chi connectivity index (χ1v) is 8.00. The topological polar surface area (TPSA) is 15.6 Å². The van der Waals surface area contributed by atoms with E-state index in [1.54, 1.807) is 12.1 Å². The summed E-state index contributed by atoms with van der Waals surface area (Å²) >= 11 is 0. The second kappa shape index (κ2) is 6.07. The number of aryl methyl sites for hydroxylation is 1. The summed E-state index contributed by atoms with van der Waals surface area (Å²) < 4.78 is 13.7. The van der Waals surface area contributed by atoms with Gasteiger partial charge in [-0.1, -0.05) is 18.2 Å². The fourth-order valence-corrected chi connectivity index (χ4v) is 3.74. The molecule has 1 heterocycles. The minimum Gasteiger partial charge on any atom is -0.368 e. The zero-order valence-electron chi connectivity index (χ0n) is 13.2. The van der Waals surface area contributed by atoms with Gasteiger partial charge in [-0.3, -0.25) is 4.99 Å². The molecule has 2 aliphatic rings. The lowest BCUT2D eigenvalue weighted by Gasteiger charge is -2.40. The van der Waals surface area contributed by atoms with E-state index in [4.69, 9.17) is 0 Å². The smallest absolute Gasteiger partial charge is 0.125 e. The molecule has 0 amide bonds. The van der Waals surface area contributed by atoms with Gasteiger partial charge in [0.2, 0.25) is 0 Å². The Bertz CT molecular complexity index is 645. The summed E-state index contributed by atoms with van der Waals surface area (Å²) in [5, 5.41) is 0. The van der Waals surface area contributed by atoms with E-state index in [0.717, 1.165) is 55.6 Å². The first-order chi connectivity index (χ1) is 10.6. The van der Waals surface area contributed by atoms with Crippen LogP contribution in [0.2, 0.25) is 0 Å². The Kier molecular flexibility index (Phi) is 4.14. The molecule has 1 aromatic rings. The third-order valence-corrected chi connectivity index (χ3v) is 4.85. The van der Waals surface area contributed by atoms with Crippen molar-refractivity contribution in [3.05, 3.63) is 53.0 Å². The fourth-order valence-electron chi connectivity index (χ4n) is 3.74. The van der Waals surface area contributed by atoms with Crippen molar-refractivity contribution in [1.29, 1.82) is 0 Å². The average Bonchev–Trinajstić information content (AvgIpc) is 2.53. The van der Waals surface area contributed by atoms with Crippen molar-refractivity contribution in [2.75, 3.05) is 11.4 Å². The van der Waals surface area contributed by atoms with Crippen LogP contribution in [0.5, 0.6) is 0 Å². The maximum absolute atomic E-state index is 13.7. The van der Waals surface area contributed by atoms with Gasteiger partial charge in [-0.2, -0.15) is 0 Å². The summed E-state index contributed by atoms with van der Waals surface area (Å²) in [5.41, 5.74) is 5.73. The van der Waals surface area contributed by atoms with E-state index in [1.807, 2.05) is 13.0 Å². The van der Waals surface area contributed by atoms with Crippen molar-refractivity contribution in [2.45, 2.75) is 45.1 Å². The zero-order valence-corrected chi connectivity index (χ0v) is 13.2. The Morgan fingerprint density at radius 3 is 2.91 bits per heavy atom. The molecule has 1 aromatic carbocycles. The number of aliphatic imine (C=N–C) groups is 1. The van der Waals surface area contributed by atoms with Crippen LogP contribution in [0.25, 0.3) is 0 Å². The van der Waals surface area contributed by atoms with Crippen LogP contribution in [0.3, 0.4) is 0 Å². The first-order valence-electron chi connectivity index (χ1n) is 8.00. The molecule has 1 aliphatic heterocycles. The van der Waals surface area contributed by atoms with Gasteiger partial charge in [0.05, 0.1) is 0 Å². The van der Waals surface area contributed by atoms with Gasteiger partial charge in [-0.25, -0.2) is 4.39 Å². The summed E-state index contributed by atoms with van der Waals surface area (Å²) in [5.74, 6) is -0.151. The van der Waals surface area contributed by atoms with Gasteiger partial charge in [-0.15, -0.1) is 0 Å². The van der Waals surface area contributed by atoms with Crippen molar-refractivity contribution in [1.82, 2.24) is 0 Å². The molecule has 2 nitrogen and oxygen atoms in total. The maximum atomic E-state index is 13.7. The van der Waals surface area contributed by atoms with Gasteiger partial charge in [0, 0.05) is 30.4 Å². The third kappa shape index (κ3) is 2.72. The van der Waals surface area contributed by atoms with Crippen molar-refractivity contribution < 1.29 is 4.39 Å². The number of benzene rings is 1. The minimum atomic E-state index is -0.151. The van der Waals surface area contributed by atoms with Gasteiger partial charge in [0.1, 0.15) is 5.82 Å². The van der Waals surface area contributed by atoms with Crippen molar-refractivity contribution in [3.63, 3.8) is 0 Å². The van der Waals surface area contributed by atoms with Crippen LogP contribution in [-0.4, -0.2) is 19.3 Å². The van der Waals surface area contributed by atoms with E-state index < -0.39 is 0 Å². The molecule has 0 saturated heterocycles. The van der Waals surface area contributed by atoms with Gasteiger partial charge in [0.15, 0.2) is 0 Å². The fraction of sp³-hybridized carbons (Fsp3) is 0.421. The highest BCUT2D eigenvalue weighted by molar-refractivity contribution is 5.57. The van der Waals surface area contributed by atoms with E-state index in [2.05, 4.69) is 23.2 Å². The molecule has 0 spiro atoms. The summed E-state index contributed by atoms with van der Waals surface area (Å²) in [4.78, 5) is 6.61. The van der Waals surface area contributed by atoms with Crippen LogP contribution in [-0.2, 0) is 6.42 Å². The molecule has 0 saturated carbocycles. The van der Waals surface area contributed by atoms with Gasteiger partial charge in [0.25, 0.3) is 0 Å². The van der Waals surface area contributed by atoms with Gasteiger partial charge >= 0.3 is 0 Å². The SMILES string of the molecule is C=NC1=C(C(=C)C)CCC(N2CCCc3ccc(F)cc32)C1. The zero-order chi connectivity index (χ0) is 15.7. The molecule has 1 aliphatic carbocycles. The third-order valence-electron chi connectivity index (χ3n) is 4.85. The first kappa shape index (κ1) is 15.0. The summed E-state index contributed by atoms with van der Waals surface area (Å²) in [6, 6.07) is 5.57. The Labute approximate surface area is 132 Å². The van der Waals surface area contributed by atoms with E-state index in [0.29, 0.717) is 6.04 Å². The molecule has 0 aromatic heterocycles. The molecule has 116 valence electrons. The Hall–Kier alpha value is -1.90. The standard InChI is InChI=1S/C19H23FN2/c1-13(2)17-9-8-16(12-18(17)21-3)22-10-4-5-14-6-7-15(20)11-19(14)22/h6-7,11,16H,1,3-5,8-10,12H2,2H3. The molecular formula is C19H23FN2. The Morgan fingerprint density at radius 1 is 1.36 bits per heavy atom. The molecule has 22 heavy (non-hydrogen) atoms. The number of rotatable bonds is 3. The Morgan fingerprint density at radius 2 is 2.18 bits per heavy atom. The highest BCUT2D eigenvalue weighted by atomic mass is 19.1. The largest absolute Gasteiger partial charge is 0.368 e. The second-order valence-corrected chi connectivity index (χ2v) is 6.33. The van der Waals surface area contributed by atoms with E-state index in [9.17, 15) is 4.39 Å². The highest BCUT2D eigenvalue weighted by Gasteiger charge is 2.29. The number of allylic oxidation sites excluding steroid dienone is 2. The molecule has 1 atom stereocenters. The molecule has 0 bridgehead atoms. The minimum absolute atomic E-state index is 0.151. The van der Waals surface area contributed by atoms with Crippen molar-refractivity contribution in [2.24, 2.45) is 4.99 Å². The number of hydrogen-bond acceptors (Lipinski definition) is 2. The summed E-state index contributed by atoms with van der Waals surface area (Å²) in [6.07, 6.45) is 5.09. The molecule has 0 radical (unpaired) electrons. The average molecular weight is 298 g/mol. The second-order valence-electron chi connectivity index (χ2n) is 6.33. The van der Waals surface area contributed by atoms with Gasteiger partial charge < -0.3 is 4.90 Å². The lowest BCUT2D eigenvalue weighted by atomic mass is 9.87. The molecular weight excluding hydrogens is 275 g/mol. The number of fused-ring (bicyclic) bond motifs is 1. The summed E-state index contributed by atoms with van der Waals surface area (Å²) in [6.45, 7) is 10.8. The lowest BCUT2D eigenvalue weighted by molar-refractivity contribution is 0.498. The summed E-state index contributed by atoms with van der Waals surface area (Å²) in [7, 11) is 0. The highest BCUT2D eigenvalue weighted by Crippen LogP contribution is 2.37. The maximum Gasteiger partial charge on any atom is 0.125 e. The molecule has 1 unspecified atom stereocenters. The van der Waals surface area contributed by atoms with Crippen LogP contribution < -0.4 is 4.90 Å². The van der Waals surface area contributed by atoms with Crippen LogP contribution in [0.15, 0.2) is 46.6 Å². The molecule has 0 N–H and O–H groups in total. The number of halogens is 1. The number of hydrogen-bond donors (Lipinski definition) is 0. The molecule has 3 rings (SSSR count). The predicted molar refractivity (Wildman–Crippen MR) is 91.1 cm³/mol.